The third-order valence-corrected chi connectivity index (χ3v) is 7.43. The molecule has 0 bridgehead atoms. The van der Waals surface area contributed by atoms with Crippen LogP contribution in [0, 0.1) is 35.5 Å². The van der Waals surface area contributed by atoms with Crippen molar-refractivity contribution < 1.29 is 9.53 Å². The third-order valence-electron chi connectivity index (χ3n) is 7.43. The Morgan fingerprint density at radius 1 is 1.08 bits per heavy atom. The lowest BCUT2D eigenvalue weighted by Gasteiger charge is -2.42. The summed E-state index contributed by atoms with van der Waals surface area (Å²) in [6.45, 7) is 5.13. The van der Waals surface area contributed by atoms with E-state index >= 15 is 0 Å². The van der Waals surface area contributed by atoms with Gasteiger partial charge in [-0.15, -0.1) is 12.4 Å². The Labute approximate surface area is 228 Å². The van der Waals surface area contributed by atoms with E-state index in [4.69, 9.17) is 15.0 Å². The average molecular weight is 532 g/mol. The Morgan fingerprint density at radius 3 is 2.50 bits per heavy atom. The van der Waals surface area contributed by atoms with Crippen LogP contribution in [0.15, 0.2) is 48.8 Å². The maximum absolute atomic E-state index is 13.0. The topological polar surface area (TPSA) is 120 Å². The molecule has 0 spiro atoms. The van der Waals surface area contributed by atoms with Crippen LogP contribution in [0.3, 0.4) is 0 Å². The fourth-order valence-electron chi connectivity index (χ4n) is 5.40. The molecular formula is C28H30ClN7O2. The minimum absolute atomic E-state index is 0. The van der Waals surface area contributed by atoms with Gasteiger partial charge in [0.05, 0.1) is 65.9 Å². The number of hydrogen-bond acceptors (Lipinski definition) is 7. The van der Waals surface area contributed by atoms with Crippen LogP contribution in [0.1, 0.15) is 52.5 Å². The van der Waals surface area contributed by atoms with E-state index in [0.29, 0.717) is 28.6 Å². The molecule has 2 fully saturated rings. The molecule has 1 aromatic carbocycles. The highest BCUT2D eigenvalue weighted by molar-refractivity contribution is 6.04. The van der Waals surface area contributed by atoms with Crippen LogP contribution in [0.25, 0.3) is 5.69 Å². The van der Waals surface area contributed by atoms with Crippen molar-refractivity contribution in [2.45, 2.75) is 38.1 Å². The number of ether oxygens (including phenoxy) is 1. The summed E-state index contributed by atoms with van der Waals surface area (Å²) in [4.78, 5) is 20.2. The molecule has 3 atom stereocenters. The molecule has 1 aliphatic carbocycles. The Morgan fingerprint density at radius 2 is 1.84 bits per heavy atom. The second kappa shape index (κ2) is 12.2. The molecule has 2 aromatic heterocycles. The van der Waals surface area contributed by atoms with E-state index in [2.05, 4.69) is 27.5 Å². The van der Waals surface area contributed by atoms with Crippen LogP contribution in [0.4, 0.5) is 5.69 Å². The van der Waals surface area contributed by atoms with Gasteiger partial charge in [-0.1, -0.05) is 0 Å². The number of nitriles is 2. The summed E-state index contributed by atoms with van der Waals surface area (Å²) < 4.78 is 7.22. The van der Waals surface area contributed by atoms with Crippen LogP contribution in [-0.4, -0.2) is 57.9 Å². The van der Waals surface area contributed by atoms with Gasteiger partial charge in [-0.25, -0.2) is 4.68 Å². The molecule has 38 heavy (non-hydrogen) atoms. The smallest absolute Gasteiger partial charge is 0.259 e. The van der Waals surface area contributed by atoms with E-state index in [0.717, 1.165) is 56.9 Å². The predicted octanol–water partition coefficient (Wildman–Crippen LogP) is 4.23. The number of aromatic nitrogens is 3. The van der Waals surface area contributed by atoms with Crippen LogP contribution < -0.4 is 5.32 Å². The molecule has 1 N–H and O–H groups in total. The minimum atomic E-state index is -0.264. The molecule has 2 aliphatic rings. The maximum atomic E-state index is 13.0. The quantitative estimate of drug-likeness (QED) is 0.523. The Balaban J connectivity index is 0.00000336. The second-order valence-corrected chi connectivity index (χ2v) is 9.60. The van der Waals surface area contributed by atoms with Gasteiger partial charge in [0.25, 0.3) is 5.91 Å². The van der Waals surface area contributed by atoms with Crippen molar-refractivity contribution >= 4 is 24.0 Å². The van der Waals surface area contributed by atoms with E-state index in [1.54, 1.807) is 41.3 Å². The Kier molecular flexibility index (Phi) is 8.75. The minimum Gasteiger partial charge on any atom is -0.379 e. The molecular weight excluding hydrogens is 502 g/mol. The summed E-state index contributed by atoms with van der Waals surface area (Å²) >= 11 is 0. The first-order valence-corrected chi connectivity index (χ1v) is 12.6. The van der Waals surface area contributed by atoms with Crippen molar-refractivity contribution in [2.24, 2.45) is 5.92 Å². The summed E-state index contributed by atoms with van der Waals surface area (Å²) in [6.07, 6.45) is 5.93. The summed E-state index contributed by atoms with van der Waals surface area (Å²) in [5.41, 5.74) is 4.07. The number of carbonyl (C=O) groups excluding carboxylic acids is 1. The van der Waals surface area contributed by atoms with Crippen LogP contribution >= 0.6 is 12.4 Å². The van der Waals surface area contributed by atoms with E-state index in [1.807, 2.05) is 19.1 Å². The van der Waals surface area contributed by atoms with Crippen molar-refractivity contribution in [3.05, 3.63) is 71.3 Å². The number of benzene rings is 1. The fourth-order valence-corrected chi connectivity index (χ4v) is 5.40. The monoisotopic (exact) mass is 531 g/mol. The molecule has 0 radical (unpaired) electrons. The number of anilines is 1. The zero-order valence-electron chi connectivity index (χ0n) is 21.2. The first kappa shape index (κ1) is 27.3. The van der Waals surface area contributed by atoms with Gasteiger partial charge in [0.1, 0.15) is 0 Å². The molecule has 3 aromatic rings. The first-order chi connectivity index (χ1) is 18.1. The van der Waals surface area contributed by atoms with Crippen molar-refractivity contribution in [2.75, 3.05) is 31.6 Å². The van der Waals surface area contributed by atoms with E-state index < -0.39 is 0 Å². The number of rotatable bonds is 5. The predicted molar refractivity (Wildman–Crippen MR) is 144 cm³/mol. The molecule has 1 saturated carbocycles. The standard InChI is InChI=1S/C28H29N7O2.ClH/c1-19-25(18-32-35(19)23-6-2-20(15-29)3-7-23)28(36)33-22-5-8-26(31-17-22)24-14-21(16-30)4-9-27(24)34-10-12-37-13-11-34;/h2-3,5-8,17-18,21,24,27H,4,9-14H2,1H3,(H,33,36);1H. The number of morpholine rings is 1. The van der Waals surface area contributed by atoms with Crippen LogP contribution in [0.2, 0.25) is 0 Å². The lowest BCUT2D eigenvalue weighted by molar-refractivity contribution is 0.0000694. The number of carbonyl (C=O) groups is 1. The molecule has 1 aliphatic heterocycles. The lowest BCUT2D eigenvalue weighted by atomic mass is 9.76. The molecule has 1 amide bonds. The molecule has 10 heteroatoms. The number of nitrogens with one attached hydrogen (secondary N) is 1. The highest BCUT2D eigenvalue weighted by Gasteiger charge is 2.36. The van der Waals surface area contributed by atoms with Crippen molar-refractivity contribution in [3.8, 4) is 17.8 Å². The molecule has 9 nitrogen and oxygen atoms in total. The van der Waals surface area contributed by atoms with Crippen LogP contribution in [-0.2, 0) is 4.74 Å². The summed E-state index contributed by atoms with van der Waals surface area (Å²) in [5, 5.41) is 25.9. The lowest BCUT2D eigenvalue weighted by Crippen LogP contribution is -2.48. The summed E-state index contributed by atoms with van der Waals surface area (Å²) in [6, 6.07) is 15.8. The van der Waals surface area contributed by atoms with Gasteiger partial charge in [0.15, 0.2) is 0 Å². The molecule has 5 rings (SSSR count). The highest BCUT2D eigenvalue weighted by atomic mass is 35.5. The molecule has 3 unspecified atom stereocenters. The first-order valence-electron chi connectivity index (χ1n) is 12.6. The molecule has 1 saturated heterocycles. The number of nitrogens with zero attached hydrogens (tertiary/aromatic N) is 6. The molecule has 3 heterocycles. The number of hydrogen-bond donors (Lipinski definition) is 1. The van der Waals surface area contributed by atoms with Gasteiger partial charge in [-0.05, 0) is 62.6 Å². The Bertz CT molecular complexity index is 1340. The fraction of sp³-hybridized carbons (Fsp3) is 0.393. The average Bonchev–Trinajstić information content (AvgIpc) is 3.35. The number of amides is 1. The SMILES string of the molecule is Cc1c(C(=O)Nc2ccc(C3CC(C#N)CCC3N3CCOCC3)nc2)cnn1-c1ccc(C#N)cc1.Cl. The summed E-state index contributed by atoms with van der Waals surface area (Å²) in [5.74, 6) is -0.0476. The summed E-state index contributed by atoms with van der Waals surface area (Å²) in [7, 11) is 0. The highest BCUT2D eigenvalue weighted by Crippen LogP contribution is 2.38. The largest absolute Gasteiger partial charge is 0.379 e. The Hall–Kier alpha value is -3.76. The zero-order chi connectivity index (χ0) is 25.8. The van der Waals surface area contributed by atoms with E-state index in [9.17, 15) is 10.1 Å². The number of halogens is 1. The van der Waals surface area contributed by atoms with Crippen molar-refractivity contribution in [3.63, 3.8) is 0 Å². The van der Waals surface area contributed by atoms with Gasteiger partial charge < -0.3 is 10.1 Å². The van der Waals surface area contributed by atoms with Crippen LogP contribution in [0.5, 0.6) is 0 Å². The van der Waals surface area contributed by atoms with Crippen molar-refractivity contribution in [1.29, 1.82) is 10.5 Å². The van der Waals surface area contributed by atoms with Crippen molar-refractivity contribution in [1.82, 2.24) is 19.7 Å². The number of pyridine rings is 1. The second-order valence-electron chi connectivity index (χ2n) is 9.60. The normalized spacial score (nSPS) is 21.5. The maximum Gasteiger partial charge on any atom is 0.259 e. The van der Waals surface area contributed by atoms with E-state index in [1.165, 1.54) is 0 Å². The van der Waals surface area contributed by atoms with Gasteiger partial charge in [0.2, 0.25) is 0 Å². The van der Waals surface area contributed by atoms with Gasteiger partial charge in [0, 0.05) is 36.7 Å². The van der Waals surface area contributed by atoms with Gasteiger partial charge >= 0.3 is 0 Å². The third kappa shape index (κ3) is 5.71. The van der Waals surface area contributed by atoms with Gasteiger partial charge in [-0.2, -0.15) is 15.6 Å². The van der Waals surface area contributed by atoms with E-state index in [-0.39, 0.29) is 30.2 Å². The molecule has 196 valence electrons. The zero-order valence-corrected chi connectivity index (χ0v) is 22.0. The van der Waals surface area contributed by atoms with Gasteiger partial charge in [-0.3, -0.25) is 14.7 Å².